The summed E-state index contributed by atoms with van der Waals surface area (Å²) >= 11 is 1.67. The summed E-state index contributed by atoms with van der Waals surface area (Å²) in [6, 6.07) is 6.13. The van der Waals surface area contributed by atoms with Gasteiger partial charge in [0.05, 0.1) is 14.2 Å². The lowest BCUT2D eigenvalue weighted by Crippen LogP contribution is -2.33. The molecule has 7 heteroatoms. The number of likely N-dealkylation sites (tertiary alicyclic amines) is 1. The minimum absolute atomic E-state index is 0. The lowest BCUT2D eigenvalue weighted by atomic mass is 9.98. The Kier molecular flexibility index (Phi) is 7.28. The van der Waals surface area contributed by atoms with E-state index >= 15 is 0 Å². The van der Waals surface area contributed by atoms with E-state index in [1.165, 1.54) is 6.42 Å². The third-order valence-corrected chi connectivity index (χ3v) is 6.20. The van der Waals surface area contributed by atoms with E-state index in [2.05, 4.69) is 0 Å². The Balaban J connectivity index is 0.00000225. The molecule has 2 N–H and O–H groups in total. The Labute approximate surface area is 160 Å². The average molecular weight is 387 g/mol. The molecule has 0 radical (unpaired) electrons. The smallest absolute Gasteiger partial charge is 0.223 e. The summed E-state index contributed by atoms with van der Waals surface area (Å²) < 4.78 is 10.6. The zero-order valence-corrected chi connectivity index (χ0v) is 16.4. The van der Waals surface area contributed by atoms with Crippen LogP contribution in [-0.4, -0.2) is 49.9 Å². The molecule has 1 amide bonds. The second-order valence-corrected chi connectivity index (χ2v) is 7.75. The van der Waals surface area contributed by atoms with Gasteiger partial charge >= 0.3 is 0 Å². The van der Waals surface area contributed by atoms with Gasteiger partial charge in [0.2, 0.25) is 5.91 Å². The van der Waals surface area contributed by atoms with Crippen LogP contribution in [0, 0.1) is 11.8 Å². The van der Waals surface area contributed by atoms with Crippen LogP contribution >= 0.6 is 24.2 Å². The average Bonchev–Trinajstić information content (AvgIpc) is 3.17. The number of hydrogen-bond acceptors (Lipinski definition) is 5. The standard InChI is InChI=1S/C18H26N2O3S.ClH/c1-22-16-6-4-13(9-17(16)23-2)24-8-7-18(21)20-10-12-3-5-15(19)14(12)11-20;/h4,6,9,12,14-15H,3,5,7-8,10-11,19H2,1-2H3;1H. The van der Waals surface area contributed by atoms with Gasteiger partial charge in [0.25, 0.3) is 0 Å². The van der Waals surface area contributed by atoms with E-state index in [0.29, 0.717) is 18.3 Å². The number of halogens is 1. The first-order chi connectivity index (χ1) is 11.6. The highest BCUT2D eigenvalue weighted by Crippen LogP contribution is 2.37. The fourth-order valence-electron chi connectivity index (χ4n) is 3.83. The number of rotatable bonds is 6. The summed E-state index contributed by atoms with van der Waals surface area (Å²) in [5.74, 6) is 3.61. The highest BCUT2D eigenvalue weighted by atomic mass is 35.5. The van der Waals surface area contributed by atoms with Gasteiger partial charge in [-0.3, -0.25) is 4.79 Å². The van der Waals surface area contributed by atoms with Crippen LogP contribution in [0.2, 0.25) is 0 Å². The summed E-state index contributed by atoms with van der Waals surface area (Å²) in [7, 11) is 3.26. The van der Waals surface area contributed by atoms with Gasteiger partial charge in [0, 0.05) is 36.2 Å². The number of hydrogen-bond donors (Lipinski definition) is 1. The molecule has 2 fully saturated rings. The van der Waals surface area contributed by atoms with Gasteiger partial charge in [-0.15, -0.1) is 24.2 Å². The molecule has 0 aromatic heterocycles. The molecule has 1 aromatic carbocycles. The first-order valence-corrected chi connectivity index (χ1v) is 9.49. The number of carbonyl (C=O) groups excluding carboxylic acids is 1. The van der Waals surface area contributed by atoms with Gasteiger partial charge in [0.1, 0.15) is 0 Å². The highest BCUT2D eigenvalue weighted by molar-refractivity contribution is 7.99. The molecule has 25 heavy (non-hydrogen) atoms. The molecule has 1 saturated heterocycles. The van der Waals surface area contributed by atoms with Crippen molar-refractivity contribution >= 4 is 30.1 Å². The predicted octanol–water partition coefficient (Wildman–Crippen LogP) is 2.80. The molecule has 3 rings (SSSR count). The number of fused-ring (bicyclic) bond motifs is 1. The lowest BCUT2D eigenvalue weighted by molar-refractivity contribution is -0.130. The topological polar surface area (TPSA) is 64.8 Å². The molecule has 1 aliphatic heterocycles. The van der Waals surface area contributed by atoms with Crippen LogP contribution in [0.3, 0.4) is 0 Å². The van der Waals surface area contributed by atoms with Gasteiger partial charge < -0.3 is 20.1 Å². The van der Waals surface area contributed by atoms with Crippen LogP contribution in [0.4, 0.5) is 0 Å². The van der Waals surface area contributed by atoms with Crippen molar-refractivity contribution in [3.63, 3.8) is 0 Å². The summed E-state index contributed by atoms with van der Waals surface area (Å²) in [5, 5.41) is 0. The third-order valence-electron chi connectivity index (χ3n) is 5.20. The van der Waals surface area contributed by atoms with Crippen LogP contribution in [0.25, 0.3) is 0 Å². The van der Waals surface area contributed by atoms with E-state index in [1.807, 2.05) is 23.1 Å². The summed E-state index contributed by atoms with van der Waals surface area (Å²) in [4.78, 5) is 15.5. The second kappa shape index (κ2) is 9.01. The van der Waals surface area contributed by atoms with Crippen LogP contribution < -0.4 is 15.2 Å². The van der Waals surface area contributed by atoms with E-state index in [-0.39, 0.29) is 24.4 Å². The molecule has 0 bridgehead atoms. The number of thioether (sulfide) groups is 1. The first-order valence-electron chi connectivity index (χ1n) is 8.50. The summed E-state index contributed by atoms with van der Waals surface area (Å²) in [5.41, 5.74) is 6.15. The monoisotopic (exact) mass is 386 g/mol. The SMILES string of the molecule is COc1ccc(SCCC(=O)N2CC3CCC(N)C3C2)cc1OC.Cl. The van der Waals surface area contributed by atoms with Crippen molar-refractivity contribution in [3.05, 3.63) is 18.2 Å². The maximum absolute atomic E-state index is 12.4. The van der Waals surface area contributed by atoms with Gasteiger partial charge in [-0.05, 0) is 42.9 Å². The second-order valence-electron chi connectivity index (χ2n) is 6.58. The third kappa shape index (κ3) is 4.54. The quantitative estimate of drug-likeness (QED) is 0.761. The maximum Gasteiger partial charge on any atom is 0.223 e. The largest absolute Gasteiger partial charge is 0.493 e. The Morgan fingerprint density at radius 3 is 2.68 bits per heavy atom. The van der Waals surface area contributed by atoms with Crippen molar-refractivity contribution in [2.75, 3.05) is 33.1 Å². The zero-order valence-electron chi connectivity index (χ0n) is 14.8. The number of nitrogens with two attached hydrogens (primary N) is 1. The summed E-state index contributed by atoms with van der Waals surface area (Å²) in [6.45, 7) is 1.75. The minimum Gasteiger partial charge on any atom is -0.493 e. The Morgan fingerprint density at radius 1 is 1.24 bits per heavy atom. The number of nitrogens with zero attached hydrogens (tertiary/aromatic N) is 1. The molecule has 0 spiro atoms. The van der Waals surface area contributed by atoms with Crippen molar-refractivity contribution in [1.82, 2.24) is 4.90 Å². The van der Waals surface area contributed by atoms with Crippen LogP contribution in [-0.2, 0) is 4.79 Å². The van der Waals surface area contributed by atoms with Crippen molar-refractivity contribution in [2.24, 2.45) is 17.6 Å². The van der Waals surface area contributed by atoms with Crippen molar-refractivity contribution < 1.29 is 14.3 Å². The molecule has 3 atom stereocenters. The van der Waals surface area contributed by atoms with Crippen LogP contribution in [0.15, 0.2) is 23.1 Å². The first kappa shape index (κ1) is 20.2. The van der Waals surface area contributed by atoms with Gasteiger partial charge in [-0.25, -0.2) is 0 Å². The molecule has 3 unspecified atom stereocenters. The van der Waals surface area contributed by atoms with Gasteiger partial charge in [-0.2, -0.15) is 0 Å². The summed E-state index contributed by atoms with van der Waals surface area (Å²) in [6.07, 6.45) is 2.86. The fraction of sp³-hybridized carbons (Fsp3) is 0.611. The van der Waals surface area contributed by atoms with E-state index in [1.54, 1.807) is 26.0 Å². The highest BCUT2D eigenvalue weighted by Gasteiger charge is 2.42. The van der Waals surface area contributed by atoms with Gasteiger partial charge in [0.15, 0.2) is 11.5 Å². The fourth-order valence-corrected chi connectivity index (χ4v) is 4.70. The molecule has 1 aromatic rings. The number of ether oxygens (including phenoxy) is 2. The van der Waals surface area contributed by atoms with Crippen LogP contribution in [0.1, 0.15) is 19.3 Å². The number of carbonyl (C=O) groups is 1. The van der Waals surface area contributed by atoms with Crippen molar-refractivity contribution in [2.45, 2.75) is 30.2 Å². The maximum atomic E-state index is 12.4. The molecule has 1 aliphatic carbocycles. The Morgan fingerprint density at radius 2 is 2.00 bits per heavy atom. The molecule has 1 heterocycles. The minimum atomic E-state index is 0. The molecule has 5 nitrogen and oxygen atoms in total. The number of methoxy groups -OCH3 is 2. The Bertz CT molecular complexity index is 602. The lowest BCUT2D eigenvalue weighted by Gasteiger charge is -2.18. The van der Waals surface area contributed by atoms with Crippen molar-refractivity contribution in [3.8, 4) is 11.5 Å². The molecule has 140 valence electrons. The van der Waals surface area contributed by atoms with Crippen LogP contribution in [0.5, 0.6) is 11.5 Å². The molecule has 1 saturated carbocycles. The van der Waals surface area contributed by atoms with Crippen molar-refractivity contribution in [1.29, 1.82) is 0 Å². The normalized spacial score (nSPS) is 24.6. The molecular weight excluding hydrogens is 360 g/mol. The Hall–Kier alpha value is -1.11. The predicted molar refractivity (Wildman–Crippen MR) is 103 cm³/mol. The molecule has 2 aliphatic rings. The van der Waals surface area contributed by atoms with E-state index in [0.717, 1.165) is 41.7 Å². The zero-order chi connectivity index (χ0) is 17.1. The number of benzene rings is 1. The van der Waals surface area contributed by atoms with E-state index < -0.39 is 0 Å². The van der Waals surface area contributed by atoms with E-state index in [4.69, 9.17) is 15.2 Å². The molecular formula is C18H27ClN2O3S. The number of amides is 1. The van der Waals surface area contributed by atoms with Gasteiger partial charge in [-0.1, -0.05) is 0 Å². The van der Waals surface area contributed by atoms with E-state index in [9.17, 15) is 4.79 Å².